The van der Waals surface area contributed by atoms with Crippen LogP contribution in [0.25, 0.3) is 0 Å². The highest BCUT2D eigenvalue weighted by Crippen LogP contribution is 1.87. The van der Waals surface area contributed by atoms with Gasteiger partial charge in [-0.1, -0.05) is 34.6 Å². The molecule has 0 aliphatic carbocycles. The summed E-state index contributed by atoms with van der Waals surface area (Å²) in [5.74, 6) is 0.698. The second-order valence-electron chi connectivity index (χ2n) is 2.55. The van der Waals surface area contributed by atoms with Gasteiger partial charge < -0.3 is 5.32 Å². The zero-order chi connectivity index (χ0) is 9.28. The molecule has 0 aromatic carbocycles. The van der Waals surface area contributed by atoms with Crippen LogP contribution in [0.3, 0.4) is 0 Å². The van der Waals surface area contributed by atoms with Crippen LogP contribution in [-0.4, -0.2) is 12.5 Å². The molecule has 0 aromatic rings. The van der Waals surface area contributed by atoms with Crippen molar-refractivity contribution in [1.82, 2.24) is 5.32 Å². The molecule has 68 valence electrons. The van der Waals surface area contributed by atoms with Gasteiger partial charge in [0.1, 0.15) is 0 Å². The molecule has 2 heteroatoms. The van der Waals surface area contributed by atoms with Gasteiger partial charge in [-0.15, -0.1) is 0 Å². The van der Waals surface area contributed by atoms with Gasteiger partial charge in [-0.2, -0.15) is 0 Å². The highest BCUT2D eigenvalue weighted by molar-refractivity contribution is 5.75. The Morgan fingerprint density at radius 1 is 1.36 bits per heavy atom. The molecule has 0 aliphatic heterocycles. The van der Waals surface area contributed by atoms with Gasteiger partial charge in [0, 0.05) is 13.0 Å². The van der Waals surface area contributed by atoms with Crippen LogP contribution in [0.15, 0.2) is 0 Å². The van der Waals surface area contributed by atoms with E-state index < -0.39 is 0 Å². The Kier molecular flexibility index (Phi) is 11.3. The van der Waals surface area contributed by atoms with E-state index in [1.807, 2.05) is 20.8 Å². The fourth-order valence-corrected chi connectivity index (χ4v) is 0.443. The number of rotatable bonds is 3. The summed E-state index contributed by atoms with van der Waals surface area (Å²) in [6, 6.07) is 0. The Morgan fingerprint density at radius 3 is 2.09 bits per heavy atom. The van der Waals surface area contributed by atoms with Crippen LogP contribution in [0, 0.1) is 5.92 Å². The number of carbonyl (C=O) groups is 1. The molecule has 0 rings (SSSR count). The molecule has 0 aromatic heterocycles. The molecule has 2 nitrogen and oxygen atoms in total. The van der Waals surface area contributed by atoms with E-state index in [1.165, 1.54) is 0 Å². The van der Waals surface area contributed by atoms with E-state index in [1.54, 1.807) is 0 Å². The van der Waals surface area contributed by atoms with Gasteiger partial charge in [0.2, 0.25) is 5.91 Å². The third kappa shape index (κ3) is 12.6. The average molecular weight is 159 g/mol. The molecular weight excluding hydrogens is 138 g/mol. The summed E-state index contributed by atoms with van der Waals surface area (Å²) in [6.45, 7) is 10.8. The topological polar surface area (TPSA) is 29.1 Å². The molecular formula is C9H21NO. The smallest absolute Gasteiger partial charge is 0.219 e. The molecule has 0 bridgehead atoms. The Balaban J connectivity index is 0. The van der Waals surface area contributed by atoms with Crippen LogP contribution in [0.1, 0.15) is 41.0 Å². The minimum atomic E-state index is 0.142. The predicted molar refractivity (Wildman–Crippen MR) is 49.5 cm³/mol. The Bertz CT molecular complexity index is 89.6. The molecule has 1 N–H and O–H groups in total. The van der Waals surface area contributed by atoms with Crippen LogP contribution < -0.4 is 5.32 Å². The van der Waals surface area contributed by atoms with E-state index in [0.29, 0.717) is 12.3 Å². The van der Waals surface area contributed by atoms with Gasteiger partial charge in [0.25, 0.3) is 0 Å². The van der Waals surface area contributed by atoms with Crippen molar-refractivity contribution in [2.24, 2.45) is 5.92 Å². The summed E-state index contributed by atoms with van der Waals surface area (Å²) in [6.07, 6.45) is 0.590. The minimum Gasteiger partial charge on any atom is -0.356 e. The first kappa shape index (κ1) is 13.1. The molecule has 0 fully saturated rings. The molecule has 0 spiro atoms. The van der Waals surface area contributed by atoms with Gasteiger partial charge >= 0.3 is 0 Å². The largest absolute Gasteiger partial charge is 0.356 e. The summed E-state index contributed by atoms with van der Waals surface area (Å²) in [5, 5.41) is 2.79. The van der Waals surface area contributed by atoms with E-state index in [0.717, 1.165) is 6.54 Å². The van der Waals surface area contributed by atoms with E-state index in [4.69, 9.17) is 0 Å². The van der Waals surface area contributed by atoms with Crippen molar-refractivity contribution >= 4 is 5.91 Å². The van der Waals surface area contributed by atoms with Crippen LogP contribution in [0.2, 0.25) is 0 Å². The minimum absolute atomic E-state index is 0.142. The Morgan fingerprint density at radius 2 is 1.82 bits per heavy atom. The first-order valence-corrected chi connectivity index (χ1v) is 4.43. The van der Waals surface area contributed by atoms with E-state index in [9.17, 15) is 4.79 Å². The van der Waals surface area contributed by atoms with Gasteiger partial charge in [0.05, 0.1) is 0 Å². The lowest BCUT2D eigenvalue weighted by atomic mass is 10.2. The molecule has 0 atom stereocenters. The summed E-state index contributed by atoms with van der Waals surface area (Å²) in [7, 11) is 0. The highest BCUT2D eigenvalue weighted by Gasteiger charge is 1.96. The van der Waals surface area contributed by atoms with E-state index >= 15 is 0 Å². The summed E-state index contributed by atoms with van der Waals surface area (Å²) < 4.78 is 0. The third-order valence-electron chi connectivity index (χ3n) is 1.03. The SMILES string of the molecule is CC.CCC(=O)NCC(C)C. The molecule has 0 aliphatic rings. The lowest BCUT2D eigenvalue weighted by Gasteiger charge is -2.04. The van der Waals surface area contributed by atoms with Crippen molar-refractivity contribution < 1.29 is 4.79 Å². The van der Waals surface area contributed by atoms with Crippen molar-refractivity contribution in [2.75, 3.05) is 6.54 Å². The van der Waals surface area contributed by atoms with Crippen LogP contribution >= 0.6 is 0 Å². The molecule has 11 heavy (non-hydrogen) atoms. The van der Waals surface area contributed by atoms with Crippen LogP contribution in [-0.2, 0) is 4.79 Å². The van der Waals surface area contributed by atoms with Crippen molar-refractivity contribution in [2.45, 2.75) is 41.0 Å². The van der Waals surface area contributed by atoms with Crippen LogP contribution in [0.4, 0.5) is 0 Å². The zero-order valence-corrected chi connectivity index (χ0v) is 8.40. The van der Waals surface area contributed by atoms with E-state index in [2.05, 4.69) is 19.2 Å². The lowest BCUT2D eigenvalue weighted by molar-refractivity contribution is -0.120. The molecule has 0 saturated carbocycles. The van der Waals surface area contributed by atoms with Gasteiger partial charge in [-0.25, -0.2) is 0 Å². The van der Waals surface area contributed by atoms with E-state index in [-0.39, 0.29) is 5.91 Å². The average Bonchev–Trinajstić information content (AvgIpc) is 2.04. The van der Waals surface area contributed by atoms with Crippen molar-refractivity contribution in [3.05, 3.63) is 0 Å². The maximum atomic E-state index is 10.6. The number of nitrogens with one attached hydrogen (secondary N) is 1. The van der Waals surface area contributed by atoms with Gasteiger partial charge in [0.15, 0.2) is 0 Å². The molecule has 0 heterocycles. The number of hydrogen-bond acceptors (Lipinski definition) is 1. The van der Waals surface area contributed by atoms with Crippen molar-refractivity contribution in [3.63, 3.8) is 0 Å². The Hall–Kier alpha value is -0.530. The maximum Gasteiger partial charge on any atom is 0.219 e. The third-order valence-corrected chi connectivity index (χ3v) is 1.03. The monoisotopic (exact) mass is 159 g/mol. The Labute approximate surface area is 70.4 Å². The normalized spacial score (nSPS) is 8.55. The second kappa shape index (κ2) is 9.47. The summed E-state index contributed by atoms with van der Waals surface area (Å²) in [4.78, 5) is 10.6. The zero-order valence-electron chi connectivity index (χ0n) is 8.40. The maximum absolute atomic E-state index is 10.6. The van der Waals surface area contributed by atoms with Crippen molar-refractivity contribution in [3.8, 4) is 0 Å². The molecule has 1 amide bonds. The van der Waals surface area contributed by atoms with Crippen LogP contribution in [0.5, 0.6) is 0 Å². The highest BCUT2D eigenvalue weighted by atomic mass is 16.1. The fraction of sp³-hybridized carbons (Fsp3) is 0.889. The number of amides is 1. The quantitative estimate of drug-likeness (QED) is 0.672. The summed E-state index contributed by atoms with van der Waals surface area (Å²) >= 11 is 0. The number of hydrogen-bond donors (Lipinski definition) is 1. The lowest BCUT2D eigenvalue weighted by Crippen LogP contribution is -2.26. The van der Waals surface area contributed by atoms with Gasteiger partial charge in [-0.3, -0.25) is 4.79 Å². The molecule has 0 unspecified atom stereocenters. The predicted octanol–water partition coefficient (Wildman–Crippen LogP) is 2.19. The molecule has 0 radical (unpaired) electrons. The fourth-order valence-electron chi connectivity index (χ4n) is 0.443. The molecule has 0 saturated heterocycles. The van der Waals surface area contributed by atoms with Gasteiger partial charge in [-0.05, 0) is 5.92 Å². The van der Waals surface area contributed by atoms with Crippen molar-refractivity contribution in [1.29, 1.82) is 0 Å². The second-order valence-corrected chi connectivity index (χ2v) is 2.55. The first-order chi connectivity index (χ1) is 5.16. The number of carbonyl (C=O) groups excluding carboxylic acids is 1. The summed E-state index contributed by atoms with van der Waals surface area (Å²) in [5.41, 5.74) is 0. The first-order valence-electron chi connectivity index (χ1n) is 4.43. The standard InChI is InChI=1S/C7H15NO.C2H6/c1-4-7(9)8-5-6(2)3;1-2/h6H,4-5H2,1-3H3,(H,8,9);1-2H3.